The van der Waals surface area contributed by atoms with Gasteiger partial charge in [0.1, 0.15) is 11.6 Å². The number of hydrogen-bond donors (Lipinski definition) is 2. The van der Waals surface area contributed by atoms with Gasteiger partial charge in [-0.3, -0.25) is 9.78 Å². The maximum Gasteiger partial charge on any atom is 0.251 e. The molecule has 2 aromatic heterocycles. The molecule has 0 bridgehead atoms. The number of hydrogen-bond acceptors (Lipinski definition) is 3. The molecule has 1 amide bonds. The van der Waals surface area contributed by atoms with Crippen LogP contribution in [0.15, 0.2) is 54.4 Å². The lowest BCUT2D eigenvalue weighted by Gasteiger charge is -2.37. The molecular formula is C25H29FN4O. The standard InChI is InChI=1S/C25H29FN4O/c1-15(2)21-11-18(12-24-29-22-8-9-27-14-23(22)30-24)16(3)10-19(21)13-28-25(31)17-4-6-20(26)7-5-17/h4-10,14-15,18-19,21H,11-13H2,1-3H3,(H,28,31)(H,29,30). The van der Waals surface area contributed by atoms with E-state index in [1.54, 1.807) is 6.20 Å². The molecule has 0 saturated heterocycles. The fourth-order valence-electron chi connectivity index (χ4n) is 4.66. The van der Waals surface area contributed by atoms with Crippen molar-refractivity contribution in [1.82, 2.24) is 20.3 Å². The molecule has 1 aromatic carbocycles. The summed E-state index contributed by atoms with van der Waals surface area (Å²) in [5, 5.41) is 3.04. The molecule has 3 atom stereocenters. The van der Waals surface area contributed by atoms with Gasteiger partial charge in [0, 0.05) is 24.7 Å². The Balaban J connectivity index is 1.45. The second kappa shape index (κ2) is 9.00. The summed E-state index contributed by atoms with van der Waals surface area (Å²) in [5.41, 5.74) is 3.74. The van der Waals surface area contributed by atoms with Crippen molar-refractivity contribution in [3.63, 3.8) is 0 Å². The van der Waals surface area contributed by atoms with Gasteiger partial charge in [-0.15, -0.1) is 0 Å². The summed E-state index contributed by atoms with van der Waals surface area (Å²) in [7, 11) is 0. The molecule has 31 heavy (non-hydrogen) atoms. The summed E-state index contributed by atoms with van der Waals surface area (Å²) in [6, 6.07) is 7.59. The van der Waals surface area contributed by atoms with E-state index in [-0.39, 0.29) is 17.6 Å². The van der Waals surface area contributed by atoms with Gasteiger partial charge in [-0.1, -0.05) is 25.5 Å². The van der Waals surface area contributed by atoms with Crippen LogP contribution in [-0.2, 0) is 6.42 Å². The van der Waals surface area contributed by atoms with Crippen LogP contribution < -0.4 is 5.32 Å². The van der Waals surface area contributed by atoms with E-state index < -0.39 is 0 Å². The predicted molar refractivity (Wildman–Crippen MR) is 120 cm³/mol. The smallest absolute Gasteiger partial charge is 0.251 e. The first-order valence-electron chi connectivity index (χ1n) is 10.9. The summed E-state index contributed by atoms with van der Waals surface area (Å²) < 4.78 is 13.1. The fourth-order valence-corrected chi connectivity index (χ4v) is 4.66. The molecule has 2 N–H and O–H groups in total. The first-order valence-corrected chi connectivity index (χ1v) is 10.9. The van der Waals surface area contributed by atoms with Crippen molar-refractivity contribution >= 4 is 16.9 Å². The molecule has 5 nitrogen and oxygen atoms in total. The highest BCUT2D eigenvalue weighted by Crippen LogP contribution is 2.38. The predicted octanol–water partition coefficient (Wildman–Crippen LogP) is 4.92. The van der Waals surface area contributed by atoms with E-state index in [0.717, 1.165) is 29.7 Å². The highest BCUT2D eigenvalue weighted by atomic mass is 19.1. The fraction of sp³-hybridized carbons (Fsp3) is 0.400. The topological polar surface area (TPSA) is 70.7 Å². The average molecular weight is 421 g/mol. The molecule has 2 heterocycles. The molecule has 3 unspecified atom stereocenters. The van der Waals surface area contributed by atoms with Gasteiger partial charge in [-0.2, -0.15) is 0 Å². The van der Waals surface area contributed by atoms with Crippen LogP contribution in [0.25, 0.3) is 11.0 Å². The van der Waals surface area contributed by atoms with Gasteiger partial charge in [-0.05, 0) is 67.3 Å². The number of imidazole rings is 1. The third-order valence-corrected chi connectivity index (χ3v) is 6.46. The van der Waals surface area contributed by atoms with Crippen molar-refractivity contribution in [3.05, 3.63) is 71.6 Å². The number of pyridine rings is 1. The number of nitrogens with one attached hydrogen (secondary N) is 2. The lowest BCUT2D eigenvalue weighted by atomic mass is 9.69. The number of aromatic nitrogens is 3. The van der Waals surface area contributed by atoms with Gasteiger partial charge < -0.3 is 10.3 Å². The van der Waals surface area contributed by atoms with E-state index in [1.165, 1.54) is 29.8 Å². The monoisotopic (exact) mass is 420 g/mol. The molecule has 0 spiro atoms. The molecule has 1 aliphatic rings. The minimum atomic E-state index is -0.339. The zero-order chi connectivity index (χ0) is 22.0. The second-order valence-electron chi connectivity index (χ2n) is 8.91. The molecular weight excluding hydrogens is 391 g/mol. The van der Waals surface area contributed by atoms with Gasteiger partial charge >= 0.3 is 0 Å². The van der Waals surface area contributed by atoms with Crippen LogP contribution in [0.3, 0.4) is 0 Å². The Morgan fingerprint density at radius 1 is 1.26 bits per heavy atom. The molecule has 1 aliphatic carbocycles. The Hall–Kier alpha value is -3.02. The molecule has 0 fully saturated rings. The van der Waals surface area contributed by atoms with Crippen LogP contribution in [0.4, 0.5) is 4.39 Å². The molecule has 0 aliphatic heterocycles. The van der Waals surface area contributed by atoms with Gasteiger partial charge in [0.25, 0.3) is 5.91 Å². The van der Waals surface area contributed by atoms with Crippen LogP contribution in [0.2, 0.25) is 0 Å². The van der Waals surface area contributed by atoms with Crippen LogP contribution in [-0.4, -0.2) is 27.4 Å². The Morgan fingerprint density at radius 3 is 2.74 bits per heavy atom. The molecule has 0 radical (unpaired) electrons. The molecule has 4 rings (SSSR count). The first-order chi connectivity index (χ1) is 14.9. The van der Waals surface area contributed by atoms with Crippen LogP contribution in [0.5, 0.6) is 0 Å². The maximum atomic E-state index is 13.1. The van der Waals surface area contributed by atoms with Gasteiger partial charge in [-0.25, -0.2) is 9.37 Å². The first kappa shape index (κ1) is 21.2. The summed E-state index contributed by atoms with van der Waals surface area (Å²) in [6.45, 7) is 7.26. The Labute approximate surface area is 182 Å². The van der Waals surface area contributed by atoms with Gasteiger partial charge in [0.15, 0.2) is 0 Å². The molecule has 6 heteroatoms. The van der Waals surface area contributed by atoms with E-state index in [2.05, 4.69) is 42.1 Å². The second-order valence-corrected chi connectivity index (χ2v) is 8.91. The van der Waals surface area contributed by atoms with E-state index in [0.29, 0.717) is 29.9 Å². The largest absolute Gasteiger partial charge is 0.351 e. The lowest BCUT2D eigenvalue weighted by Crippen LogP contribution is -2.37. The Bertz CT molecular complexity index is 1050. The zero-order valence-corrected chi connectivity index (χ0v) is 18.2. The van der Waals surface area contributed by atoms with Crippen molar-refractivity contribution in [3.8, 4) is 0 Å². The average Bonchev–Trinajstić information content (AvgIpc) is 3.16. The molecule has 162 valence electrons. The quantitative estimate of drug-likeness (QED) is 0.556. The number of carbonyl (C=O) groups excluding carboxylic acids is 1. The summed E-state index contributed by atoms with van der Waals surface area (Å²) in [6.07, 6.45) is 7.83. The highest BCUT2D eigenvalue weighted by molar-refractivity contribution is 5.94. The number of halogens is 1. The third-order valence-electron chi connectivity index (χ3n) is 6.46. The number of nitrogens with zero attached hydrogens (tertiary/aromatic N) is 2. The lowest BCUT2D eigenvalue weighted by molar-refractivity contribution is 0.0939. The Kier molecular flexibility index (Phi) is 6.16. The number of allylic oxidation sites excluding steroid dienone is 1. The summed E-state index contributed by atoms with van der Waals surface area (Å²) in [5.74, 6) is 2.16. The number of benzene rings is 1. The van der Waals surface area contributed by atoms with E-state index in [1.807, 2.05) is 12.3 Å². The molecule has 0 saturated carbocycles. The van der Waals surface area contributed by atoms with Crippen LogP contribution >= 0.6 is 0 Å². The zero-order valence-electron chi connectivity index (χ0n) is 18.2. The van der Waals surface area contributed by atoms with E-state index >= 15 is 0 Å². The normalized spacial score (nSPS) is 21.3. The highest BCUT2D eigenvalue weighted by Gasteiger charge is 2.32. The van der Waals surface area contributed by atoms with Gasteiger partial charge in [0.05, 0.1) is 17.2 Å². The van der Waals surface area contributed by atoms with Crippen molar-refractivity contribution in [2.75, 3.05) is 6.54 Å². The van der Waals surface area contributed by atoms with Crippen molar-refractivity contribution in [2.45, 2.75) is 33.6 Å². The van der Waals surface area contributed by atoms with E-state index in [4.69, 9.17) is 4.98 Å². The number of carbonyl (C=O) groups is 1. The number of aromatic amines is 1. The van der Waals surface area contributed by atoms with Crippen molar-refractivity contribution in [2.24, 2.45) is 23.7 Å². The summed E-state index contributed by atoms with van der Waals surface area (Å²) in [4.78, 5) is 24.8. The number of rotatable bonds is 6. The summed E-state index contributed by atoms with van der Waals surface area (Å²) >= 11 is 0. The SMILES string of the molecule is CC1=CC(CNC(=O)c2ccc(F)cc2)C(C(C)C)CC1Cc1nc2ccncc2[nH]1. The number of fused-ring (bicyclic) bond motifs is 1. The van der Waals surface area contributed by atoms with Crippen LogP contribution in [0.1, 0.15) is 43.4 Å². The number of amides is 1. The Morgan fingerprint density at radius 2 is 2.03 bits per heavy atom. The minimum absolute atomic E-state index is 0.161. The van der Waals surface area contributed by atoms with Gasteiger partial charge in [0.2, 0.25) is 0 Å². The van der Waals surface area contributed by atoms with E-state index in [9.17, 15) is 9.18 Å². The van der Waals surface area contributed by atoms with Crippen molar-refractivity contribution in [1.29, 1.82) is 0 Å². The van der Waals surface area contributed by atoms with Crippen LogP contribution in [0, 0.1) is 29.5 Å². The minimum Gasteiger partial charge on any atom is -0.351 e. The maximum absolute atomic E-state index is 13.1. The number of H-pyrrole nitrogens is 1. The third kappa shape index (κ3) is 4.84. The van der Waals surface area contributed by atoms with Crippen molar-refractivity contribution < 1.29 is 9.18 Å². The molecule has 3 aromatic rings.